The Hall–Kier alpha value is -2.43. The zero-order chi connectivity index (χ0) is 16.3. The van der Waals surface area contributed by atoms with Crippen molar-refractivity contribution in [1.29, 1.82) is 0 Å². The first-order chi connectivity index (χ1) is 10.4. The molecule has 0 spiro atoms. The van der Waals surface area contributed by atoms with Crippen LogP contribution in [0.4, 0.5) is 25.0 Å². The maximum absolute atomic E-state index is 13.9. The number of nitrogens with one attached hydrogen (secondary N) is 2. The average Bonchev–Trinajstić information content (AvgIpc) is 2.44. The number of anilines is 2. The highest BCUT2D eigenvalue weighted by atomic mass is 19.1. The molecule has 0 aromatic heterocycles. The highest BCUT2D eigenvalue weighted by molar-refractivity contribution is 5.99. The molecule has 0 unspecified atom stereocenters. The number of aryl methyl sites for hydroxylation is 1. The van der Waals surface area contributed by atoms with E-state index in [9.17, 15) is 13.6 Å². The van der Waals surface area contributed by atoms with Gasteiger partial charge in [0, 0.05) is 0 Å². The SMILES string of the molecule is Cc1ccc(NC(=O)Nc2ccc(C(C)C)cc2F)c(F)c1. The summed E-state index contributed by atoms with van der Waals surface area (Å²) in [7, 11) is 0. The lowest BCUT2D eigenvalue weighted by molar-refractivity contribution is 0.262. The van der Waals surface area contributed by atoms with Crippen LogP contribution in [0.15, 0.2) is 36.4 Å². The van der Waals surface area contributed by atoms with Crippen molar-refractivity contribution in [3.8, 4) is 0 Å². The number of hydrogen-bond donors (Lipinski definition) is 2. The van der Waals surface area contributed by atoms with E-state index in [2.05, 4.69) is 10.6 Å². The third kappa shape index (κ3) is 3.81. The van der Waals surface area contributed by atoms with E-state index < -0.39 is 17.7 Å². The minimum Gasteiger partial charge on any atom is -0.305 e. The quantitative estimate of drug-likeness (QED) is 0.819. The van der Waals surface area contributed by atoms with Gasteiger partial charge in [-0.2, -0.15) is 0 Å². The lowest BCUT2D eigenvalue weighted by Gasteiger charge is -2.11. The first kappa shape index (κ1) is 15.9. The minimum atomic E-state index is -0.695. The molecule has 2 aromatic carbocycles. The summed E-state index contributed by atoms with van der Waals surface area (Å²) in [6, 6.07) is 8.38. The smallest absolute Gasteiger partial charge is 0.305 e. The summed E-state index contributed by atoms with van der Waals surface area (Å²) in [5.41, 5.74) is 1.68. The van der Waals surface area contributed by atoms with E-state index in [-0.39, 0.29) is 17.3 Å². The number of halogens is 2. The van der Waals surface area contributed by atoms with Crippen LogP contribution in [0.5, 0.6) is 0 Å². The van der Waals surface area contributed by atoms with Crippen LogP contribution in [0, 0.1) is 18.6 Å². The van der Waals surface area contributed by atoms with Crippen LogP contribution >= 0.6 is 0 Å². The fraction of sp³-hybridized carbons (Fsp3) is 0.235. The predicted octanol–water partition coefficient (Wildman–Crippen LogP) is 5.04. The van der Waals surface area contributed by atoms with Crippen molar-refractivity contribution in [3.05, 3.63) is 59.2 Å². The van der Waals surface area contributed by atoms with E-state index >= 15 is 0 Å². The molecule has 22 heavy (non-hydrogen) atoms. The molecule has 0 aliphatic rings. The number of amides is 2. The summed E-state index contributed by atoms with van der Waals surface area (Å²) in [5, 5.41) is 4.73. The van der Waals surface area contributed by atoms with Gasteiger partial charge in [-0.3, -0.25) is 0 Å². The van der Waals surface area contributed by atoms with Gasteiger partial charge in [0.2, 0.25) is 0 Å². The Kier molecular flexibility index (Phi) is 4.75. The molecule has 0 bridgehead atoms. The number of carbonyl (C=O) groups excluding carboxylic acids is 1. The monoisotopic (exact) mass is 304 g/mol. The van der Waals surface area contributed by atoms with Crippen molar-refractivity contribution >= 4 is 17.4 Å². The van der Waals surface area contributed by atoms with Crippen LogP contribution in [0.1, 0.15) is 30.9 Å². The third-order valence-corrected chi connectivity index (χ3v) is 3.28. The van der Waals surface area contributed by atoms with Crippen molar-refractivity contribution < 1.29 is 13.6 Å². The summed E-state index contributed by atoms with van der Waals surface area (Å²) < 4.78 is 27.6. The Morgan fingerprint density at radius 3 is 2.00 bits per heavy atom. The lowest BCUT2D eigenvalue weighted by Crippen LogP contribution is -2.20. The number of benzene rings is 2. The Labute approximate surface area is 128 Å². The zero-order valence-corrected chi connectivity index (χ0v) is 12.7. The molecule has 0 radical (unpaired) electrons. The van der Waals surface area contributed by atoms with Gasteiger partial charge >= 0.3 is 6.03 Å². The molecule has 2 aromatic rings. The largest absolute Gasteiger partial charge is 0.323 e. The number of urea groups is 1. The number of carbonyl (C=O) groups is 1. The maximum atomic E-state index is 13.9. The molecule has 2 N–H and O–H groups in total. The lowest BCUT2D eigenvalue weighted by atomic mass is 10.0. The molecule has 0 aliphatic carbocycles. The van der Waals surface area contributed by atoms with Crippen LogP contribution in [-0.4, -0.2) is 6.03 Å². The normalized spacial score (nSPS) is 10.6. The summed E-state index contributed by atoms with van der Waals surface area (Å²) in [5.74, 6) is -0.865. The van der Waals surface area contributed by atoms with E-state index in [1.54, 1.807) is 19.1 Å². The van der Waals surface area contributed by atoms with Gasteiger partial charge in [0.25, 0.3) is 0 Å². The van der Waals surface area contributed by atoms with Crippen molar-refractivity contribution in [3.63, 3.8) is 0 Å². The van der Waals surface area contributed by atoms with Gasteiger partial charge in [0.1, 0.15) is 11.6 Å². The van der Waals surface area contributed by atoms with Crippen LogP contribution in [0.25, 0.3) is 0 Å². The Balaban J connectivity index is 2.09. The fourth-order valence-electron chi connectivity index (χ4n) is 1.99. The third-order valence-electron chi connectivity index (χ3n) is 3.28. The van der Waals surface area contributed by atoms with E-state index in [0.717, 1.165) is 11.1 Å². The average molecular weight is 304 g/mol. The van der Waals surface area contributed by atoms with E-state index in [0.29, 0.717) is 0 Å². The van der Waals surface area contributed by atoms with Gasteiger partial charge in [0.05, 0.1) is 11.4 Å². The van der Waals surface area contributed by atoms with Crippen LogP contribution < -0.4 is 10.6 Å². The molecule has 0 heterocycles. The number of hydrogen-bond acceptors (Lipinski definition) is 1. The fourth-order valence-corrected chi connectivity index (χ4v) is 1.99. The van der Waals surface area contributed by atoms with Gasteiger partial charge in [-0.25, -0.2) is 13.6 Å². The van der Waals surface area contributed by atoms with Gasteiger partial charge in [0.15, 0.2) is 0 Å². The summed E-state index contributed by atoms with van der Waals surface area (Å²) in [6.07, 6.45) is 0. The second-order valence-corrected chi connectivity index (χ2v) is 5.46. The predicted molar refractivity (Wildman–Crippen MR) is 84.3 cm³/mol. The molecule has 2 amide bonds. The van der Waals surface area contributed by atoms with Gasteiger partial charge in [-0.05, 0) is 48.2 Å². The van der Waals surface area contributed by atoms with Gasteiger partial charge in [-0.15, -0.1) is 0 Å². The molecule has 116 valence electrons. The standard InChI is InChI=1S/C17H18F2N2O/c1-10(2)12-5-7-16(14(19)9-12)21-17(22)20-15-6-4-11(3)8-13(15)18/h4-10H,1-3H3,(H2,20,21,22). The topological polar surface area (TPSA) is 41.1 Å². The zero-order valence-electron chi connectivity index (χ0n) is 12.7. The van der Waals surface area contributed by atoms with Crippen molar-refractivity contribution in [2.24, 2.45) is 0 Å². The first-order valence-electron chi connectivity index (χ1n) is 7.00. The molecule has 2 rings (SSSR count). The van der Waals surface area contributed by atoms with E-state index in [1.807, 2.05) is 13.8 Å². The molecular formula is C17H18F2N2O. The molecule has 5 heteroatoms. The second-order valence-electron chi connectivity index (χ2n) is 5.46. The van der Waals surface area contributed by atoms with E-state index in [4.69, 9.17) is 0 Å². The molecule has 3 nitrogen and oxygen atoms in total. The molecule has 0 fully saturated rings. The molecular weight excluding hydrogens is 286 g/mol. The Morgan fingerprint density at radius 1 is 0.955 bits per heavy atom. The summed E-state index contributed by atoms with van der Waals surface area (Å²) >= 11 is 0. The van der Waals surface area contributed by atoms with Crippen molar-refractivity contribution in [1.82, 2.24) is 0 Å². The van der Waals surface area contributed by atoms with Crippen LogP contribution in [0.2, 0.25) is 0 Å². The maximum Gasteiger partial charge on any atom is 0.323 e. The van der Waals surface area contributed by atoms with E-state index in [1.165, 1.54) is 24.3 Å². The Bertz CT molecular complexity index is 699. The van der Waals surface area contributed by atoms with Crippen molar-refractivity contribution in [2.75, 3.05) is 10.6 Å². The Morgan fingerprint density at radius 2 is 1.50 bits per heavy atom. The highest BCUT2D eigenvalue weighted by Gasteiger charge is 2.11. The minimum absolute atomic E-state index is 0.0438. The number of rotatable bonds is 3. The first-order valence-corrected chi connectivity index (χ1v) is 7.00. The molecule has 0 aliphatic heterocycles. The highest BCUT2D eigenvalue weighted by Crippen LogP contribution is 2.22. The van der Waals surface area contributed by atoms with Gasteiger partial charge in [-0.1, -0.05) is 26.0 Å². The molecule has 0 saturated heterocycles. The molecule has 0 atom stereocenters. The van der Waals surface area contributed by atoms with Gasteiger partial charge < -0.3 is 10.6 Å². The van der Waals surface area contributed by atoms with Crippen molar-refractivity contribution in [2.45, 2.75) is 26.7 Å². The van der Waals surface area contributed by atoms with Crippen LogP contribution in [-0.2, 0) is 0 Å². The summed E-state index contributed by atoms with van der Waals surface area (Å²) in [6.45, 7) is 5.65. The second kappa shape index (κ2) is 6.56. The molecule has 0 saturated carbocycles. The van der Waals surface area contributed by atoms with Crippen LogP contribution in [0.3, 0.4) is 0 Å². The summed E-state index contributed by atoms with van der Waals surface area (Å²) in [4.78, 5) is 11.8.